The van der Waals surface area contributed by atoms with Gasteiger partial charge in [-0.1, -0.05) is 12.1 Å². The zero-order valence-electron chi connectivity index (χ0n) is 10.9. The number of aromatic carboxylic acids is 1. The number of carbonyl (C=O) groups is 1. The Morgan fingerprint density at radius 1 is 1.18 bits per heavy atom. The molecule has 0 aliphatic carbocycles. The maximum Gasteiger partial charge on any atom is 0.416 e. The monoisotopic (exact) mass is 307 g/mol. The van der Waals surface area contributed by atoms with E-state index in [1.165, 1.54) is 35.0 Å². The molecule has 0 radical (unpaired) electrons. The number of halogens is 3. The summed E-state index contributed by atoms with van der Waals surface area (Å²) >= 11 is 0. The lowest BCUT2D eigenvalue weighted by atomic mass is 10.1. The standard InChI is InChI=1S/C14H8F3N3O2/c15-14(16,17)10-3-1-2-8(6-10)12-18-11-5-4-9(13(21)22)7-20(11)19-12/h1-7H,(H,21,22). The van der Waals surface area contributed by atoms with Crippen LogP contribution < -0.4 is 0 Å². The highest BCUT2D eigenvalue weighted by atomic mass is 19.4. The van der Waals surface area contributed by atoms with Crippen LogP contribution in [0.25, 0.3) is 17.0 Å². The predicted octanol–water partition coefficient (Wildman–Crippen LogP) is 3.11. The summed E-state index contributed by atoms with van der Waals surface area (Å²) in [5.41, 5.74) is -0.240. The average molecular weight is 307 g/mol. The molecular formula is C14H8F3N3O2. The Morgan fingerprint density at radius 3 is 2.64 bits per heavy atom. The molecule has 0 bridgehead atoms. The molecule has 0 fully saturated rings. The van der Waals surface area contributed by atoms with Crippen molar-refractivity contribution < 1.29 is 23.1 Å². The van der Waals surface area contributed by atoms with Gasteiger partial charge >= 0.3 is 12.1 Å². The number of nitrogens with zero attached hydrogens (tertiary/aromatic N) is 3. The topological polar surface area (TPSA) is 67.5 Å². The van der Waals surface area contributed by atoms with Crippen molar-refractivity contribution in [3.63, 3.8) is 0 Å². The number of carboxylic acids is 1. The van der Waals surface area contributed by atoms with E-state index in [1.54, 1.807) is 0 Å². The minimum atomic E-state index is -4.45. The smallest absolute Gasteiger partial charge is 0.416 e. The van der Waals surface area contributed by atoms with Gasteiger partial charge in [0.15, 0.2) is 11.5 Å². The summed E-state index contributed by atoms with van der Waals surface area (Å²) in [6.07, 6.45) is -3.20. The van der Waals surface area contributed by atoms with Crippen LogP contribution in [0.5, 0.6) is 0 Å². The van der Waals surface area contributed by atoms with Gasteiger partial charge in [-0.2, -0.15) is 13.2 Å². The van der Waals surface area contributed by atoms with Gasteiger partial charge in [0.25, 0.3) is 0 Å². The van der Waals surface area contributed by atoms with E-state index in [0.29, 0.717) is 5.65 Å². The molecule has 1 N–H and O–H groups in total. The molecule has 0 atom stereocenters. The summed E-state index contributed by atoms with van der Waals surface area (Å²) in [6.45, 7) is 0. The van der Waals surface area contributed by atoms with Gasteiger partial charge in [-0.25, -0.2) is 14.3 Å². The Morgan fingerprint density at radius 2 is 1.95 bits per heavy atom. The molecule has 1 aromatic carbocycles. The lowest BCUT2D eigenvalue weighted by Crippen LogP contribution is -2.04. The number of hydrogen-bond acceptors (Lipinski definition) is 3. The minimum Gasteiger partial charge on any atom is -0.478 e. The van der Waals surface area contributed by atoms with Gasteiger partial charge in [-0.15, -0.1) is 5.10 Å². The van der Waals surface area contributed by atoms with Crippen LogP contribution in [0.3, 0.4) is 0 Å². The third kappa shape index (κ3) is 2.50. The molecule has 0 amide bonds. The van der Waals surface area contributed by atoms with E-state index in [9.17, 15) is 18.0 Å². The van der Waals surface area contributed by atoms with Gasteiger partial charge < -0.3 is 5.11 Å². The number of alkyl halides is 3. The summed E-state index contributed by atoms with van der Waals surface area (Å²) in [6, 6.07) is 7.43. The van der Waals surface area contributed by atoms with Crippen molar-refractivity contribution >= 4 is 11.6 Å². The highest BCUT2D eigenvalue weighted by Gasteiger charge is 2.30. The van der Waals surface area contributed by atoms with Gasteiger partial charge in [0.1, 0.15) is 0 Å². The number of aromatic nitrogens is 3. The zero-order valence-corrected chi connectivity index (χ0v) is 10.9. The van der Waals surface area contributed by atoms with Crippen LogP contribution in [0, 0.1) is 0 Å². The number of pyridine rings is 1. The molecule has 5 nitrogen and oxygen atoms in total. The van der Waals surface area contributed by atoms with Crippen LogP contribution in [0.4, 0.5) is 13.2 Å². The highest BCUT2D eigenvalue weighted by molar-refractivity contribution is 5.87. The third-order valence-corrected chi connectivity index (χ3v) is 3.03. The van der Waals surface area contributed by atoms with E-state index < -0.39 is 17.7 Å². The van der Waals surface area contributed by atoms with Gasteiger partial charge in [-0.05, 0) is 24.3 Å². The second-order valence-electron chi connectivity index (χ2n) is 4.54. The average Bonchev–Trinajstić information content (AvgIpc) is 2.89. The maximum atomic E-state index is 12.7. The van der Waals surface area contributed by atoms with E-state index >= 15 is 0 Å². The van der Waals surface area contributed by atoms with Crippen LogP contribution in [0.2, 0.25) is 0 Å². The molecule has 8 heteroatoms. The van der Waals surface area contributed by atoms with Crippen molar-refractivity contribution in [2.24, 2.45) is 0 Å². The Balaban J connectivity index is 2.09. The molecule has 0 saturated carbocycles. The fourth-order valence-electron chi connectivity index (χ4n) is 1.97. The first kappa shape index (κ1) is 14.1. The lowest BCUT2D eigenvalue weighted by Gasteiger charge is -2.06. The molecule has 3 aromatic rings. The van der Waals surface area contributed by atoms with Crippen molar-refractivity contribution in [3.05, 3.63) is 53.7 Å². The first-order valence-electron chi connectivity index (χ1n) is 6.12. The Hall–Kier alpha value is -2.90. The zero-order chi connectivity index (χ0) is 15.9. The first-order chi connectivity index (χ1) is 10.3. The summed E-state index contributed by atoms with van der Waals surface area (Å²) in [4.78, 5) is 15.0. The largest absolute Gasteiger partial charge is 0.478 e. The van der Waals surface area contributed by atoms with Crippen molar-refractivity contribution in [1.82, 2.24) is 14.6 Å². The third-order valence-electron chi connectivity index (χ3n) is 3.03. The van der Waals surface area contributed by atoms with Crippen LogP contribution in [0.1, 0.15) is 15.9 Å². The fraction of sp³-hybridized carbons (Fsp3) is 0.0714. The van der Waals surface area contributed by atoms with Crippen LogP contribution in [0.15, 0.2) is 42.6 Å². The van der Waals surface area contributed by atoms with Crippen molar-refractivity contribution in [3.8, 4) is 11.4 Å². The van der Waals surface area contributed by atoms with Crippen molar-refractivity contribution in [2.75, 3.05) is 0 Å². The molecule has 22 heavy (non-hydrogen) atoms. The van der Waals surface area contributed by atoms with E-state index in [2.05, 4.69) is 10.1 Å². The van der Waals surface area contributed by atoms with Gasteiger partial charge in [-0.3, -0.25) is 0 Å². The quantitative estimate of drug-likeness (QED) is 0.790. The number of hydrogen-bond donors (Lipinski definition) is 1. The van der Waals surface area contributed by atoms with E-state index in [4.69, 9.17) is 5.11 Å². The summed E-state index contributed by atoms with van der Waals surface area (Å²) in [5.74, 6) is -1.04. The van der Waals surface area contributed by atoms with E-state index in [1.807, 2.05) is 0 Å². The number of rotatable bonds is 2. The normalized spacial score (nSPS) is 11.8. The Kier molecular flexibility index (Phi) is 3.09. The van der Waals surface area contributed by atoms with Crippen LogP contribution in [-0.2, 0) is 6.18 Å². The molecule has 3 rings (SSSR count). The molecule has 0 spiro atoms. The number of benzene rings is 1. The number of fused-ring (bicyclic) bond motifs is 1. The second kappa shape index (κ2) is 4.83. The molecule has 2 heterocycles. The molecular weight excluding hydrogens is 299 g/mol. The van der Waals surface area contributed by atoms with Gasteiger partial charge in [0.2, 0.25) is 0 Å². The van der Waals surface area contributed by atoms with Gasteiger partial charge in [0, 0.05) is 11.8 Å². The molecule has 0 aliphatic rings. The highest BCUT2D eigenvalue weighted by Crippen LogP contribution is 2.31. The lowest BCUT2D eigenvalue weighted by molar-refractivity contribution is -0.137. The van der Waals surface area contributed by atoms with Crippen LogP contribution in [-0.4, -0.2) is 25.7 Å². The van der Waals surface area contributed by atoms with Crippen LogP contribution >= 0.6 is 0 Å². The van der Waals surface area contributed by atoms with E-state index in [0.717, 1.165) is 12.1 Å². The van der Waals surface area contributed by atoms with E-state index in [-0.39, 0.29) is 17.0 Å². The Bertz CT molecular complexity index is 871. The van der Waals surface area contributed by atoms with Gasteiger partial charge in [0.05, 0.1) is 11.1 Å². The molecule has 0 saturated heterocycles. The Labute approximate surface area is 121 Å². The van der Waals surface area contributed by atoms with Crippen molar-refractivity contribution in [1.29, 1.82) is 0 Å². The molecule has 0 aliphatic heterocycles. The second-order valence-corrected chi connectivity index (χ2v) is 4.54. The maximum absolute atomic E-state index is 12.7. The molecule has 0 unspecified atom stereocenters. The molecule has 2 aromatic heterocycles. The van der Waals surface area contributed by atoms with Crippen molar-refractivity contribution in [2.45, 2.75) is 6.18 Å². The predicted molar refractivity (Wildman–Crippen MR) is 70.4 cm³/mol. The summed E-state index contributed by atoms with van der Waals surface area (Å²) < 4.78 is 39.4. The summed E-state index contributed by atoms with van der Waals surface area (Å²) in [5, 5.41) is 12.9. The SMILES string of the molecule is O=C(O)c1ccc2nc(-c3cccc(C(F)(F)F)c3)nn2c1. The number of carboxylic acid groups (broad SMARTS) is 1. The molecule has 112 valence electrons. The minimum absolute atomic E-state index is 0.00740. The first-order valence-corrected chi connectivity index (χ1v) is 6.12. The summed E-state index contributed by atoms with van der Waals surface area (Å²) in [7, 11) is 0. The fourth-order valence-corrected chi connectivity index (χ4v) is 1.97.